The summed E-state index contributed by atoms with van der Waals surface area (Å²) in [6, 6.07) is 5.21. The van der Waals surface area contributed by atoms with Crippen molar-refractivity contribution in [3.63, 3.8) is 0 Å². The summed E-state index contributed by atoms with van der Waals surface area (Å²) in [7, 11) is 1.55. The summed E-state index contributed by atoms with van der Waals surface area (Å²) in [6.07, 6.45) is 5.65. The van der Waals surface area contributed by atoms with Gasteiger partial charge < -0.3 is 9.84 Å². The van der Waals surface area contributed by atoms with Gasteiger partial charge in [0, 0.05) is 6.42 Å². The maximum absolute atomic E-state index is 9.74. The molecule has 0 heterocycles. The maximum Gasteiger partial charge on any atom is 0.137 e. The number of aliphatic hydroxyl groups is 1. The molecule has 0 aliphatic heterocycles. The average molecular weight is 225 g/mol. The molecule has 15 heavy (non-hydrogen) atoms. The van der Waals surface area contributed by atoms with E-state index < -0.39 is 6.10 Å². The lowest BCUT2D eigenvalue weighted by Gasteiger charge is -2.11. The van der Waals surface area contributed by atoms with Crippen LogP contribution in [0.5, 0.6) is 5.75 Å². The molecule has 1 aromatic rings. The summed E-state index contributed by atoms with van der Waals surface area (Å²) in [6.45, 7) is 0. The minimum absolute atomic E-state index is 0.495. The van der Waals surface area contributed by atoms with E-state index in [0.717, 1.165) is 5.56 Å². The van der Waals surface area contributed by atoms with Gasteiger partial charge in [-0.05, 0) is 24.1 Å². The molecule has 1 rings (SSSR count). The van der Waals surface area contributed by atoms with Gasteiger partial charge in [0.1, 0.15) is 5.75 Å². The molecule has 0 aliphatic carbocycles. The van der Waals surface area contributed by atoms with Gasteiger partial charge in [-0.1, -0.05) is 17.7 Å². The lowest BCUT2D eigenvalue weighted by Crippen LogP contribution is -1.97. The number of methoxy groups -OCH3 is 1. The van der Waals surface area contributed by atoms with Crippen LogP contribution in [-0.2, 0) is 0 Å². The summed E-state index contributed by atoms with van der Waals surface area (Å²) in [5.74, 6) is 3.09. The van der Waals surface area contributed by atoms with Gasteiger partial charge in [-0.25, -0.2) is 0 Å². The van der Waals surface area contributed by atoms with Gasteiger partial charge in [0.25, 0.3) is 0 Å². The highest BCUT2D eigenvalue weighted by molar-refractivity contribution is 6.32. The first kappa shape index (κ1) is 11.9. The minimum Gasteiger partial charge on any atom is -0.495 e. The van der Waals surface area contributed by atoms with E-state index in [4.69, 9.17) is 22.8 Å². The normalized spacial score (nSPS) is 11.9. The predicted molar refractivity (Wildman–Crippen MR) is 61.0 cm³/mol. The number of hydrogen-bond acceptors (Lipinski definition) is 2. The van der Waals surface area contributed by atoms with E-state index in [0.29, 0.717) is 23.6 Å². The number of aliphatic hydroxyl groups excluding tert-OH is 1. The Balaban J connectivity index is 2.79. The SMILES string of the molecule is C#CCCC(O)c1ccc(OC)c(Cl)c1. The van der Waals surface area contributed by atoms with Crippen LogP contribution in [0.1, 0.15) is 24.5 Å². The van der Waals surface area contributed by atoms with Gasteiger partial charge >= 0.3 is 0 Å². The van der Waals surface area contributed by atoms with Crippen LogP contribution in [-0.4, -0.2) is 12.2 Å². The Labute approximate surface area is 94.8 Å². The zero-order chi connectivity index (χ0) is 11.3. The fourth-order valence-corrected chi connectivity index (χ4v) is 1.54. The standard InChI is InChI=1S/C12H13ClO2/c1-3-4-5-11(14)9-6-7-12(15-2)10(13)8-9/h1,6-8,11,14H,4-5H2,2H3. The largest absolute Gasteiger partial charge is 0.495 e. The number of ether oxygens (including phenoxy) is 1. The number of halogens is 1. The van der Waals surface area contributed by atoms with E-state index in [1.807, 2.05) is 0 Å². The van der Waals surface area contributed by atoms with Crippen LogP contribution in [0.2, 0.25) is 5.02 Å². The van der Waals surface area contributed by atoms with Crippen molar-refractivity contribution in [3.05, 3.63) is 28.8 Å². The molecule has 1 atom stereocenters. The Hall–Kier alpha value is -1.17. The number of terminal acetylenes is 1. The van der Waals surface area contributed by atoms with Crippen molar-refractivity contribution in [3.8, 4) is 18.1 Å². The monoisotopic (exact) mass is 224 g/mol. The molecule has 1 N–H and O–H groups in total. The molecular formula is C12H13ClO2. The second-order valence-corrected chi connectivity index (χ2v) is 3.56. The topological polar surface area (TPSA) is 29.5 Å². The van der Waals surface area contributed by atoms with Gasteiger partial charge in [-0.2, -0.15) is 0 Å². The first-order valence-corrected chi connectivity index (χ1v) is 5.01. The molecule has 0 radical (unpaired) electrons. The van der Waals surface area contributed by atoms with E-state index in [-0.39, 0.29) is 0 Å². The van der Waals surface area contributed by atoms with Crippen molar-refractivity contribution < 1.29 is 9.84 Å². The van der Waals surface area contributed by atoms with Crippen LogP contribution >= 0.6 is 11.6 Å². The minimum atomic E-state index is -0.565. The third kappa shape index (κ3) is 3.16. The smallest absolute Gasteiger partial charge is 0.137 e. The molecule has 0 saturated heterocycles. The summed E-state index contributed by atoms with van der Waals surface area (Å²) >= 11 is 5.93. The molecule has 2 nitrogen and oxygen atoms in total. The summed E-state index contributed by atoms with van der Waals surface area (Å²) in [5.41, 5.74) is 0.760. The van der Waals surface area contributed by atoms with Crippen molar-refractivity contribution in [1.82, 2.24) is 0 Å². The molecule has 80 valence electrons. The highest BCUT2D eigenvalue weighted by Gasteiger charge is 2.09. The molecule has 0 bridgehead atoms. The van der Waals surface area contributed by atoms with E-state index in [9.17, 15) is 5.11 Å². The van der Waals surface area contributed by atoms with Gasteiger partial charge in [0.2, 0.25) is 0 Å². The Kier molecular flexibility index (Phi) is 4.48. The summed E-state index contributed by atoms with van der Waals surface area (Å²) in [5, 5.41) is 10.2. The Bertz CT molecular complexity index is 368. The van der Waals surface area contributed by atoms with Gasteiger partial charge in [-0.15, -0.1) is 12.3 Å². The summed E-state index contributed by atoms with van der Waals surface area (Å²) < 4.78 is 5.01. The quantitative estimate of drug-likeness (QED) is 0.797. The fourth-order valence-electron chi connectivity index (χ4n) is 1.28. The molecule has 0 spiro atoms. The Morgan fingerprint density at radius 3 is 2.87 bits per heavy atom. The van der Waals surface area contributed by atoms with E-state index in [2.05, 4.69) is 5.92 Å². The molecule has 3 heteroatoms. The van der Waals surface area contributed by atoms with Crippen LogP contribution in [0.25, 0.3) is 0 Å². The number of rotatable bonds is 4. The molecular weight excluding hydrogens is 212 g/mol. The second kappa shape index (κ2) is 5.65. The lowest BCUT2D eigenvalue weighted by atomic mass is 10.1. The van der Waals surface area contributed by atoms with Crippen LogP contribution in [0, 0.1) is 12.3 Å². The zero-order valence-corrected chi connectivity index (χ0v) is 9.29. The molecule has 0 aliphatic rings. The molecule has 0 aromatic heterocycles. The van der Waals surface area contributed by atoms with Crippen LogP contribution in [0.4, 0.5) is 0 Å². The van der Waals surface area contributed by atoms with Crippen LogP contribution in [0.3, 0.4) is 0 Å². The predicted octanol–water partition coefficient (Wildman–Crippen LogP) is 2.80. The third-order valence-electron chi connectivity index (χ3n) is 2.12. The fraction of sp³-hybridized carbons (Fsp3) is 0.333. The zero-order valence-electron chi connectivity index (χ0n) is 8.53. The van der Waals surface area contributed by atoms with E-state index in [1.54, 1.807) is 25.3 Å². The van der Waals surface area contributed by atoms with Crippen LogP contribution in [0.15, 0.2) is 18.2 Å². The number of hydrogen-bond donors (Lipinski definition) is 1. The first-order valence-electron chi connectivity index (χ1n) is 4.64. The molecule has 0 amide bonds. The molecule has 1 unspecified atom stereocenters. The van der Waals surface area contributed by atoms with Gasteiger partial charge in [-0.3, -0.25) is 0 Å². The Morgan fingerprint density at radius 2 is 2.33 bits per heavy atom. The maximum atomic E-state index is 9.74. The van der Waals surface area contributed by atoms with Crippen molar-refractivity contribution in [1.29, 1.82) is 0 Å². The van der Waals surface area contributed by atoms with Crippen molar-refractivity contribution >= 4 is 11.6 Å². The highest BCUT2D eigenvalue weighted by atomic mass is 35.5. The molecule has 0 saturated carbocycles. The molecule has 0 fully saturated rings. The highest BCUT2D eigenvalue weighted by Crippen LogP contribution is 2.28. The van der Waals surface area contributed by atoms with Crippen molar-refractivity contribution in [2.45, 2.75) is 18.9 Å². The lowest BCUT2D eigenvalue weighted by molar-refractivity contribution is 0.169. The second-order valence-electron chi connectivity index (χ2n) is 3.15. The van der Waals surface area contributed by atoms with Gasteiger partial charge in [0.15, 0.2) is 0 Å². The number of benzene rings is 1. The average Bonchev–Trinajstić information content (AvgIpc) is 2.25. The Morgan fingerprint density at radius 1 is 1.60 bits per heavy atom. The van der Waals surface area contributed by atoms with Crippen LogP contribution < -0.4 is 4.74 Å². The van der Waals surface area contributed by atoms with Crippen molar-refractivity contribution in [2.75, 3.05) is 7.11 Å². The summed E-state index contributed by atoms with van der Waals surface area (Å²) in [4.78, 5) is 0. The van der Waals surface area contributed by atoms with E-state index in [1.165, 1.54) is 0 Å². The molecule has 1 aromatic carbocycles. The first-order chi connectivity index (χ1) is 7.19. The van der Waals surface area contributed by atoms with E-state index >= 15 is 0 Å². The van der Waals surface area contributed by atoms with Crippen molar-refractivity contribution in [2.24, 2.45) is 0 Å². The van der Waals surface area contributed by atoms with Gasteiger partial charge in [0.05, 0.1) is 18.2 Å². The third-order valence-corrected chi connectivity index (χ3v) is 2.42.